The molecule has 1 aliphatic rings. The summed E-state index contributed by atoms with van der Waals surface area (Å²) in [5.74, 6) is 0.852. The lowest BCUT2D eigenvalue weighted by atomic mass is 9.81. The number of hydrogen-bond acceptors (Lipinski definition) is 3. The molecule has 110 valence electrons. The van der Waals surface area contributed by atoms with Crippen molar-refractivity contribution in [2.45, 2.75) is 44.2 Å². The van der Waals surface area contributed by atoms with Crippen LogP contribution in [0.15, 0.2) is 24.3 Å². The molecule has 0 radical (unpaired) electrons. The van der Waals surface area contributed by atoms with Crippen molar-refractivity contribution in [3.8, 4) is 5.75 Å². The van der Waals surface area contributed by atoms with Crippen molar-refractivity contribution in [3.05, 3.63) is 29.8 Å². The molecule has 0 unspecified atom stereocenters. The number of amides is 1. The Bertz CT molecular complexity index is 467. The maximum absolute atomic E-state index is 12.6. The Hall–Kier alpha value is -1.55. The van der Waals surface area contributed by atoms with Crippen molar-refractivity contribution in [2.24, 2.45) is 5.73 Å². The number of rotatable bonds is 4. The predicted octanol–water partition coefficient (Wildman–Crippen LogP) is 2.32. The monoisotopic (exact) mass is 276 g/mol. The van der Waals surface area contributed by atoms with Gasteiger partial charge in [-0.15, -0.1) is 0 Å². The number of carbonyl (C=O) groups is 1. The molecule has 1 amide bonds. The fourth-order valence-electron chi connectivity index (χ4n) is 2.94. The van der Waals surface area contributed by atoms with Crippen LogP contribution < -0.4 is 10.5 Å². The van der Waals surface area contributed by atoms with Crippen LogP contribution in [-0.4, -0.2) is 30.5 Å². The molecule has 0 atom stereocenters. The van der Waals surface area contributed by atoms with Crippen LogP contribution in [-0.2, 0) is 11.3 Å². The van der Waals surface area contributed by atoms with Crippen LogP contribution in [0.3, 0.4) is 0 Å². The van der Waals surface area contributed by atoms with E-state index in [2.05, 4.69) is 0 Å². The number of hydrogen-bond donors (Lipinski definition) is 1. The molecule has 0 heterocycles. The summed E-state index contributed by atoms with van der Waals surface area (Å²) in [6.45, 7) is 0.530. The molecule has 1 fully saturated rings. The molecule has 0 bridgehead atoms. The van der Waals surface area contributed by atoms with Crippen LogP contribution in [0.2, 0.25) is 0 Å². The number of ether oxygens (including phenoxy) is 1. The summed E-state index contributed by atoms with van der Waals surface area (Å²) >= 11 is 0. The third-order valence-corrected chi connectivity index (χ3v) is 4.12. The van der Waals surface area contributed by atoms with Crippen molar-refractivity contribution in [3.63, 3.8) is 0 Å². The van der Waals surface area contributed by atoms with Gasteiger partial charge in [-0.25, -0.2) is 0 Å². The van der Waals surface area contributed by atoms with Gasteiger partial charge in [-0.3, -0.25) is 4.79 Å². The zero-order valence-corrected chi connectivity index (χ0v) is 12.4. The van der Waals surface area contributed by atoms with E-state index in [4.69, 9.17) is 10.5 Å². The molecule has 0 spiro atoms. The Morgan fingerprint density at radius 2 is 1.95 bits per heavy atom. The largest absolute Gasteiger partial charge is 0.496 e. The van der Waals surface area contributed by atoms with Gasteiger partial charge in [0.1, 0.15) is 5.75 Å². The third kappa shape index (κ3) is 3.12. The van der Waals surface area contributed by atoms with Crippen LogP contribution in [0, 0.1) is 0 Å². The SMILES string of the molecule is COc1ccccc1CN(C)C(=O)C1(N)CCCCC1. The topological polar surface area (TPSA) is 55.6 Å². The van der Waals surface area contributed by atoms with Gasteiger partial charge in [0.05, 0.1) is 12.6 Å². The number of carbonyl (C=O) groups excluding carboxylic acids is 1. The van der Waals surface area contributed by atoms with Crippen molar-refractivity contribution in [2.75, 3.05) is 14.2 Å². The molecule has 1 saturated carbocycles. The predicted molar refractivity (Wildman–Crippen MR) is 79.5 cm³/mol. The van der Waals surface area contributed by atoms with Gasteiger partial charge in [0, 0.05) is 19.2 Å². The molecule has 1 aromatic carbocycles. The van der Waals surface area contributed by atoms with Crippen LogP contribution in [0.5, 0.6) is 5.75 Å². The molecule has 1 aromatic rings. The first kappa shape index (κ1) is 14.9. The summed E-state index contributed by atoms with van der Waals surface area (Å²) in [4.78, 5) is 14.3. The number of likely N-dealkylation sites (N-methyl/N-ethyl adjacent to an activating group) is 1. The minimum Gasteiger partial charge on any atom is -0.496 e. The number of nitrogens with zero attached hydrogens (tertiary/aromatic N) is 1. The summed E-state index contributed by atoms with van der Waals surface area (Å²) in [6, 6.07) is 7.77. The highest BCUT2D eigenvalue weighted by atomic mass is 16.5. The Labute approximate surface area is 120 Å². The van der Waals surface area contributed by atoms with Gasteiger partial charge in [0.2, 0.25) is 5.91 Å². The van der Waals surface area contributed by atoms with E-state index in [1.807, 2.05) is 31.3 Å². The minimum absolute atomic E-state index is 0.0445. The summed E-state index contributed by atoms with van der Waals surface area (Å²) in [7, 11) is 3.46. The van der Waals surface area contributed by atoms with Gasteiger partial charge in [0.15, 0.2) is 0 Å². The maximum Gasteiger partial charge on any atom is 0.242 e. The molecular formula is C16H24N2O2. The van der Waals surface area contributed by atoms with Gasteiger partial charge in [0.25, 0.3) is 0 Å². The Morgan fingerprint density at radius 3 is 2.60 bits per heavy atom. The number of benzene rings is 1. The van der Waals surface area contributed by atoms with Gasteiger partial charge >= 0.3 is 0 Å². The Morgan fingerprint density at radius 1 is 1.30 bits per heavy atom. The maximum atomic E-state index is 12.6. The van der Waals surface area contributed by atoms with Gasteiger partial charge in [-0.2, -0.15) is 0 Å². The quantitative estimate of drug-likeness (QED) is 0.918. The first-order chi connectivity index (χ1) is 9.57. The second-order valence-corrected chi connectivity index (χ2v) is 5.69. The van der Waals surface area contributed by atoms with E-state index in [1.54, 1.807) is 12.0 Å². The molecular weight excluding hydrogens is 252 g/mol. The molecule has 4 nitrogen and oxygen atoms in total. The smallest absolute Gasteiger partial charge is 0.242 e. The molecule has 4 heteroatoms. The average Bonchev–Trinajstić information content (AvgIpc) is 2.47. The highest BCUT2D eigenvalue weighted by Gasteiger charge is 2.37. The van der Waals surface area contributed by atoms with Crippen molar-refractivity contribution in [1.82, 2.24) is 4.90 Å². The number of methoxy groups -OCH3 is 1. The summed E-state index contributed by atoms with van der Waals surface area (Å²) in [5.41, 5.74) is 6.64. The van der Waals surface area contributed by atoms with E-state index in [0.717, 1.165) is 37.0 Å². The molecule has 2 N–H and O–H groups in total. The van der Waals surface area contributed by atoms with Crippen LogP contribution >= 0.6 is 0 Å². The molecule has 20 heavy (non-hydrogen) atoms. The number of para-hydroxylation sites is 1. The molecule has 2 rings (SSSR count). The fraction of sp³-hybridized carbons (Fsp3) is 0.562. The highest BCUT2D eigenvalue weighted by molar-refractivity contribution is 5.86. The van der Waals surface area contributed by atoms with E-state index >= 15 is 0 Å². The Balaban J connectivity index is 2.07. The molecule has 0 saturated heterocycles. The lowest BCUT2D eigenvalue weighted by Gasteiger charge is -2.35. The zero-order chi connectivity index (χ0) is 14.6. The summed E-state index contributed by atoms with van der Waals surface area (Å²) < 4.78 is 5.33. The normalized spacial score (nSPS) is 17.6. The van der Waals surface area contributed by atoms with Crippen molar-refractivity contribution >= 4 is 5.91 Å². The van der Waals surface area contributed by atoms with Gasteiger partial charge < -0.3 is 15.4 Å². The average molecular weight is 276 g/mol. The first-order valence-corrected chi connectivity index (χ1v) is 7.23. The zero-order valence-electron chi connectivity index (χ0n) is 12.4. The van der Waals surface area contributed by atoms with E-state index in [0.29, 0.717) is 6.54 Å². The van der Waals surface area contributed by atoms with Gasteiger partial charge in [-0.05, 0) is 18.9 Å². The lowest BCUT2D eigenvalue weighted by molar-refractivity contribution is -0.137. The fourth-order valence-corrected chi connectivity index (χ4v) is 2.94. The number of nitrogens with two attached hydrogens (primary N) is 1. The van der Waals surface area contributed by atoms with Crippen molar-refractivity contribution < 1.29 is 9.53 Å². The molecule has 0 aliphatic heterocycles. The van der Waals surface area contributed by atoms with Crippen molar-refractivity contribution in [1.29, 1.82) is 0 Å². The third-order valence-electron chi connectivity index (χ3n) is 4.12. The second kappa shape index (κ2) is 6.27. The standard InChI is InChI=1S/C16H24N2O2/c1-18(12-13-8-4-5-9-14(13)20-2)15(19)16(17)10-6-3-7-11-16/h4-5,8-9H,3,6-7,10-12,17H2,1-2H3. The van der Waals surface area contributed by atoms with Gasteiger partial charge in [-0.1, -0.05) is 37.5 Å². The lowest BCUT2D eigenvalue weighted by Crippen LogP contribution is -2.55. The second-order valence-electron chi connectivity index (χ2n) is 5.69. The van der Waals surface area contributed by atoms with E-state index < -0.39 is 5.54 Å². The van der Waals surface area contributed by atoms with E-state index in [9.17, 15) is 4.79 Å². The van der Waals surface area contributed by atoms with Crippen LogP contribution in [0.25, 0.3) is 0 Å². The van der Waals surface area contributed by atoms with E-state index in [1.165, 1.54) is 6.42 Å². The van der Waals surface area contributed by atoms with Crippen LogP contribution in [0.4, 0.5) is 0 Å². The molecule has 0 aromatic heterocycles. The van der Waals surface area contributed by atoms with Crippen LogP contribution in [0.1, 0.15) is 37.7 Å². The minimum atomic E-state index is -0.672. The van der Waals surface area contributed by atoms with E-state index in [-0.39, 0.29) is 5.91 Å². The Kier molecular flexibility index (Phi) is 4.65. The summed E-state index contributed by atoms with van der Waals surface area (Å²) in [5, 5.41) is 0. The summed E-state index contributed by atoms with van der Waals surface area (Å²) in [6.07, 6.45) is 4.86. The first-order valence-electron chi connectivity index (χ1n) is 7.23. The molecule has 1 aliphatic carbocycles. The highest BCUT2D eigenvalue weighted by Crippen LogP contribution is 2.28.